The molecule has 13 heavy (non-hydrogen) atoms. The summed E-state index contributed by atoms with van der Waals surface area (Å²) >= 11 is 0. The second kappa shape index (κ2) is 4.55. The molecule has 0 aliphatic carbocycles. The van der Waals surface area contributed by atoms with Crippen LogP contribution in [0.15, 0.2) is 24.4 Å². The lowest BCUT2D eigenvalue weighted by atomic mass is 10.1. The molecule has 0 amide bonds. The molecule has 1 aromatic carbocycles. The summed E-state index contributed by atoms with van der Waals surface area (Å²) < 4.78 is 0. The van der Waals surface area contributed by atoms with E-state index in [1.165, 1.54) is 11.1 Å². The van der Waals surface area contributed by atoms with Crippen molar-refractivity contribution in [2.75, 3.05) is 19.4 Å². The molecule has 0 heterocycles. The Balaban J connectivity index is 2.97. The first-order chi connectivity index (χ1) is 6.27. The van der Waals surface area contributed by atoms with Crippen LogP contribution in [0.2, 0.25) is 0 Å². The van der Waals surface area contributed by atoms with Crippen molar-refractivity contribution in [1.82, 2.24) is 5.32 Å². The van der Waals surface area contributed by atoms with Crippen molar-refractivity contribution in [3.63, 3.8) is 0 Å². The zero-order valence-corrected chi connectivity index (χ0v) is 8.39. The van der Waals surface area contributed by atoms with Gasteiger partial charge in [-0.1, -0.05) is 6.07 Å². The molecule has 0 bridgehead atoms. The highest BCUT2D eigenvalue weighted by Gasteiger charge is 1.94. The summed E-state index contributed by atoms with van der Waals surface area (Å²) in [5.74, 6) is 0. The second-order valence-electron chi connectivity index (χ2n) is 2.94. The summed E-state index contributed by atoms with van der Waals surface area (Å²) in [6, 6.07) is 6.32. The maximum absolute atomic E-state index is 3.12. The zero-order chi connectivity index (χ0) is 9.68. The predicted octanol–water partition coefficient (Wildman–Crippen LogP) is 2.23. The topological polar surface area (TPSA) is 24.1 Å². The van der Waals surface area contributed by atoms with E-state index in [1.54, 1.807) is 0 Å². The second-order valence-corrected chi connectivity index (χ2v) is 2.94. The number of benzene rings is 1. The maximum Gasteiger partial charge on any atom is 0.0343 e. The van der Waals surface area contributed by atoms with E-state index in [9.17, 15) is 0 Å². The molecule has 2 heteroatoms. The molecule has 0 saturated carbocycles. The molecule has 0 aromatic heterocycles. The van der Waals surface area contributed by atoms with Gasteiger partial charge in [-0.3, -0.25) is 0 Å². The van der Waals surface area contributed by atoms with E-state index in [2.05, 4.69) is 41.8 Å². The Morgan fingerprint density at radius 1 is 1.23 bits per heavy atom. The fourth-order valence-electron chi connectivity index (χ4n) is 1.15. The number of rotatable bonds is 3. The van der Waals surface area contributed by atoms with Crippen LogP contribution in [0.25, 0.3) is 6.08 Å². The first-order valence-electron chi connectivity index (χ1n) is 4.40. The minimum Gasteiger partial charge on any atom is -0.394 e. The van der Waals surface area contributed by atoms with Gasteiger partial charge >= 0.3 is 0 Å². The molecule has 0 unspecified atom stereocenters. The highest BCUT2D eigenvalue weighted by Crippen LogP contribution is 2.15. The van der Waals surface area contributed by atoms with Gasteiger partial charge in [0.25, 0.3) is 0 Å². The van der Waals surface area contributed by atoms with Crippen LogP contribution in [0.5, 0.6) is 0 Å². The number of nitrogens with one attached hydrogen (secondary N) is 2. The monoisotopic (exact) mass is 176 g/mol. The van der Waals surface area contributed by atoms with E-state index in [-0.39, 0.29) is 0 Å². The number of hydrogen-bond acceptors (Lipinski definition) is 2. The van der Waals surface area contributed by atoms with Crippen LogP contribution in [0.1, 0.15) is 11.1 Å². The predicted molar refractivity (Wildman–Crippen MR) is 58.8 cm³/mol. The molecule has 0 fully saturated rings. The number of aryl methyl sites for hydroxylation is 1. The summed E-state index contributed by atoms with van der Waals surface area (Å²) in [5.41, 5.74) is 3.66. The zero-order valence-electron chi connectivity index (χ0n) is 8.39. The fourth-order valence-corrected chi connectivity index (χ4v) is 1.15. The Kier molecular flexibility index (Phi) is 3.38. The SMILES string of the molecule is CN/C=C\c1cc(NC)ccc1C. The van der Waals surface area contributed by atoms with E-state index < -0.39 is 0 Å². The van der Waals surface area contributed by atoms with Gasteiger partial charge in [0.1, 0.15) is 0 Å². The summed E-state index contributed by atoms with van der Waals surface area (Å²) in [5, 5.41) is 6.10. The lowest BCUT2D eigenvalue weighted by Crippen LogP contribution is -1.93. The molecule has 0 radical (unpaired) electrons. The normalized spacial score (nSPS) is 10.4. The van der Waals surface area contributed by atoms with E-state index in [1.807, 2.05) is 20.3 Å². The molecule has 0 aliphatic heterocycles. The third kappa shape index (κ3) is 2.51. The summed E-state index contributed by atoms with van der Waals surface area (Å²) in [6.07, 6.45) is 4.00. The standard InChI is InChI=1S/C11H16N2/c1-9-4-5-11(13-3)8-10(9)6-7-12-2/h4-8,12-13H,1-3H3/b7-6-. The third-order valence-corrected chi connectivity index (χ3v) is 2.00. The molecule has 1 aromatic rings. The molecule has 2 nitrogen and oxygen atoms in total. The lowest BCUT2D eigenvalue weighted by Gasteiger charge is -2.04. The highest BCUT2D eigenvalue weighted by molar-refractivity contribution is 5.60. The Morgan fingerprint density at radius 3 is 2.62 bits per heavy atom. The molecule has 0 atom stereocenters. The Morgan fingerprint density at radius 2 is 2.00 bits per heavy atom. The minimum absolute atomic E-state index is 1.14. The first-order valence-corrected chi connectivity index (χ1v) is 4.40. The molecule has 1 rings (SSSR count). The van der Waals surface area contributed by atoms with Crippen molar-refractivity contribution in [3.8, 4) is 0 Å². The van der Waals surface area contributed by atoms with E-state index in [4.69, 9.17) is 0 Å². The van der Waals surface area contributed by atoms with Crippen molar-refractivity contribution >= 4 is 11.8 Å². The van der Waals surface area contributed by atoms with Crippen LogP contribution in [0.3, 0.4) is 0 Å². The smallest absolute Gasteiger partial charge is 0.0343 e. The van der Waals surface area contributed by atoms with Crippen molar-refractivity contribution in [2.24, 2.45) is 0 Å². The average Bonchev–Trinajstić information content (AvgIpc) is 2.17. The van der Waals surface area contributed by atoms with Gasteiger partial charge in [-0.15, -0.1) is 0 Å². The third-order valence-electron chi connectivity index (χ3n) is 2.00. The highest BCUT2D eigenvalue weighted by atomic mass is 14.8. The quantitative estimate of drug-likeness (QED) is 0.738. The molecule has 0 saturated heterocycles. The van der Waals surface area contributed by atoms with Gasteiger partial charge in [-0.2, -0.15) is 0 Å². The Bertz CT molecular complexity index is 303. The fraction of sp³-hybridized carbons (Fsp3) is 0.273. The molecule has 2 N–H and O–H groups in total. The van der Waals surface area contributed by atoms with Crippen molar-refractivity contribution in [1.29, 1.82) is 0 Å². The molecular formula is C11H16N2. The van der Waals surface area contributed by atoms with Gasteiger partial charge in [-0.05, 0) is 42.5 Å². The van der Waals surface area contributed by atoms with Crippen LogP contribution in [0, 0.1) is 6.92 Å². The van der Waals surface area contributed by atoms with Crippen molar-refractivity contribution in [3.05, 3.63) is 35.5 Å². The van der Waals surface area contributed by atoms with Gasteiger partial charge < -0.3 is 10.6 Å². The van der Waals surface area contributed by atoms with Crippen molar-refractivity contribution in [2.45, 2.75) is 6.92 Å². The van der Waals surface area contributed by atoms with E-state index in [0.29, 0.717) is 0 Å². The first kappa shape index (κ1) is 9.65. The molecule has 0 spiro atoms. The van der Waals surface area contributed by atoms with Gasteiger partial charge in [0.2, 0.25) is 0 Å². The van der Waals surface area contributed by atoms with Crippen LogP contribution >= 0.6 is 0 Å². The van der Waals surface area contributed by atoms with Gasteiger partial charge in [0.05, 0.1) is 0 Å². The van der Waals surface area contributed by atoms with Gasteiger partial charge in [0.15, 0.2) is 0 Å². The van der Waals surface area contributed by atoms with Crippen LogP contribution < -0.4 is 10.6 Å². The van der Waals surface area contributed by atoms with Gasteiger partial charge in [0, 0.05) is 19.8 Å². The summed E-state index contributed by atoms with van der Waals surface area (Å²) in [4.78, 5) is 0. The average molecular weight is 176 g/mol. The van der Waals surface area contributed by atoms with Crippen LogP contribution in [-0.2, 0) is 0 Å². The minimum atomic E-state index is 1.14. The molecule has 0 aliphatic rings. The number of hydrogen-bond donors (Lipinski definition) is 2. The number of anilines is 1. The Hall–Kier alpha value is -1.44. The van der Waals surface area contributed by atoms with Crippen molar-refractivity contribution < 1.29 is 0 Å². The largest absolute Gasteiger partial charge is 0.394 e. The molecule has 70 valence electrons. The van der Waals surface area contributed by atoms with E-state index >= 15 is 0 Å². The van der Waals surface area contributed by atoms with Crippen LogP contribution in [0.4, 0.5) is 5.69 Å². The summed E-state index contributed by atoms with van der Waals surface area (Å²) in [7, 11) is 3.82. The lowest BCUT2D eigenvalue weighted by molar-refractivity contribution is 1.11. The van der Waals surface area contributed by atoms with Crippen LogP contribution in [-0.4, -0.2) is 14.1 Å². The maximum atomic E-state index is 3.12. The molecular weight excluding hydrogens is 160 g/mol. The van der Waals surface area contributed by atoms with E-state index in [0.717, 1.165) is 5.69 Å². The van der Waals surface area contributed by atoms with Gasteiger partial charge in [-0.25, -0.2) is 0 Å². The Labute approximate surface area is 79.7 Å². The summed E-state index contributed by atoms with van der Waals surface area (Å²) in [6.45, 7) is 2.11.